The minimum Gasteiger partial charge on any atom is -0.497 e. The zero-order valence-electron chi connectivity index (χ0n) is 20.6. The second-order valence-electron chi connectivity index (χ2n) is 8.53. The zero-order chi connectivity index (χ0) is 26.4. The highest BCUT2D eigenvalue weighted by Crippen LogP contribution is 2.32. The molecule has 0 radical (unpaired) electrons. The number of methoxy groups -OCH3 is 2. The average molecular weight is 530 g/mol. The first-order chi connectivity index (χ1) is 17.8. The molecule has 3 aromatic carbocycles. The van der Waals surface area contributed by atoms with Gasteiger partial charge in [0.25, 0.3) is 5.91 Å². The van der Waals surface area contributed by atoms with E-state index in [0.717, 1.165) is 12.8 Å². The lowest BCUT2D eigenvalue weighted by atomic mass is 10.1. The highest BCUT2D eigenvalue weighted by Gasteiger charge is 2.25. The molecule has 8 nitrogen and oxygen atoms in total. The molecule has 1 saturated heterocycles. The minimum absolute atomic E-state index is 0.0221. The van der Waals surface area contributed by atoms with Crippen molar-refractivity contribution < 1.29 is 36.0 Å². The van der Waals surface area contributed by atoms with Crippen LogP contribution in [0.4, 0.5) is 4.39 Å². The van der Waals surface area contributed by atoms with Gasteiger partial charge in [-0.2, -0.15) is 8.42 Å². The van der Waals surface area contributed by atoms with E-state index in [0.29, 0.717) is 24.5 Å². The highest BCUT2D eigenvalue weighted by molar-refractivity contribution is 7.87. The quantitative estimate of drug-likeness (QED) is 0.359. The van der Waals surface area contributed by atoms with Crippen LogP contribution < -0.4 is 13.7 Å². The van der Waals surface area contributed by atoms with Crippen LogP contribution in [-0.2, 0) is 21.4 Å². The molecule has 1 atom stereocenters. The molecule has 0 bridgehead atoms. The molecule has 1 amide bonds. The number of carbonyl (C=O) groups excluding carboxylic acids is 1. The monoisotopic (exact) mass is 529 g/mol. The summed E-state index contributed by atoms with van der Waals surface area (Å²) in [6.07, 6.45) is 1.57. The van der Waals surface area contributed by atoms with Crippen LogP contribution in [0, 0.1) is 5.82 Å². The summed E-state index contributed by atoms with van der Waals surface area (Å²) in [5.41, 5.74) is 0.813. The van der Waals surface area contributed by atoms with Crippen molar-refractivity contribution in [1.29, 1.82) is 0 Å². The van der Waals surface area contributed by atoms with Gasteiger partial charge in [0.2, 0.25) is 0 Å². The number of ether oxygens (including phenoxy) is 3. The van der Waals surface area contributed by atoms with Crippen LogP contribution >= 0.6 is 0 Å². The van der Waals surface area contributed by atoms with Crippen molar-refractivity contribution in [3.8, 4) is 17.2 Å². The second kappa shape index (κ2) is 11.6. The first-order valence-electron chi connectivity index (χ1n) is 11.7. The van der Waals surface area contributed by atoms with Crippen LogP contribution in [0.5, 0.6) is 17.2 Å². The van der Waals surface area contributed by atoms with Crippen LogP contribution in [0.15, 0.2) is 71.6 Å². The van der Waals surface area contributed by atoms with Crippen molar-refractivity contribution in [2.45, 2.75) is 30.4 Å². The third-order valence-electron chi connectivity index (χ3n) is 5.96. The smallest absolute Gasteiger partial charge is 0.339 e. The molecule has 1 aliphatic heterocycles. The Bertz CT molecular complexity index is 1340. The summed E-state index contributed by atoms with van der Waals surface area (Å²) in [6, 6.07) is 16.1. The van der Waals surface area contributed by atoms with Gasteiger partial charge in [-0.05, 0) is 73.0 Å². The summed E-state index contributed by atoms with van der Waals surface area (Å²) in [4.78, 5) is 14.8. The summed E-state index contributed by atoms with van der Waals surface area (Å²) >= 11 is 0. The molecule has 0 aromatic heterocycles. The molecule has 0 saturated carbocycles. The van der Waals surface area contributed by atoms with Gasteiger partial charge in [-0.25, -0.2) is 4.39 Å². The molecular formula is C27H28FNO7S. The average Bonchev–Trinajstić information content (AvgIpc) is 3.41. The maximum absolute atomic E-state index is 13.8. The number of hydrogen-bond donors (Lipinski definition) is 0. The predicted molar refractivity (Wildman–Crippen MR) is 134 cm³/mol. The predicted octanol–water partition coefficient (Wildman–Crippen LogP) is 4.43. The molecule has 1 unspecified atom stereocenters. The van der Waals surface area contributed by atoms with E-state index in [1.165, 1.54) is 62.8 Å². The minimum atomic E-state index is -4.18. The Morgan fingerprint density at radius 3 is 2.46 bits per heavy atom. The summed E-state index contributed by atoms with van der Waals surface area (Å²) in [5.74, 6) is -0.173. The highest BCUT2D eigenvalue weighted by atomic mass is 32.2. The van der Waals surface area contributed by atoms with Gasteiger partial charge in [0.1, 0.15) is 16.5 Å². The topological polar surface area (TPSA) is 91.4 Å². The molecule has 1 aliphatic rings. The fourth-order valence-corrected chi connectivity index (χ4v) is 5.00. The molecule has 1 fully saturated rings. The van der Waals surface area contributed by atoms with Crippen molar-refractivity contribution >= 4 is 16.0 Å². The number of carbonyl (C=O) groups is 1. The van der Waals surface area contributed by atoms with Gasteiger partial charge in [0.05, 0.1) is 20.3 Å². The fraction of sp³-hybridized carbons (Fsp3) is 0.296. The fourth-order valence-electron chi connectivity index (χ4n) is 4.07. The zero-order valence-corrected chi connectivity index (χ0v) is 21.4. The van der Waals surface area contributed by atoms with Crippen LogP contribution in [0.25, 0.3) is 0 Å². The Hall–Kier alpha value is -3.63. The van der Waals surface area contributed by atoms with E-state index in [1.807, 2.05) is 0 Å². The molecule has 0 aliphatic carbocycles. The lowest BCUT2D eigenvalue weighted by molar-refractivity contribution is 0.0507. The maximum Gasteiger partial charge on any atom is 0.339 e. The van der Waals surface area contributed by atoms with E-state index in [1.54, 1.807) is 23.1 Å². The summed E-state index contributed by atoms with van der Waals surface area (Å²) in [6.45, 7) is 1.05. The summed E-state index contributed by atoms with van der Waals surface area (Å²) in [7, 11) is -1.29. The van der Waals surface area contributed by atoms with E-state index in [4.69, 9.17) is 18.4 Å². The Balaban J connectivity index is 1.60. The first kappa shape index (κ1) is 26.4. The second-order valence-corrected chi connectivity index (χ2v) is 10.1. The van der Waals surface area contributed by atoms with Crippen LogP contribution in [-0.4, -0.2) is 52.7 Å². The van der Waals surface area contributed by atoms with Crippen molar-refractivity contribution in [2.75, 3.05) is 27.4 Å². The molecule has 196 valence electrons. The first-order valence-corrected chi connectivity index (χ1v) is 13.1. The van der Waals surface area contributed by atoms with Crippen LogP contribution in [0.2, 0.25) is 0 Å². The Morgan fingerprint density at radius 2 is 1.81 bits per heavy atom. The molecule has 3 aromatic rings. The Kier molecular flexibility index (Phi) is 8.30. The van der Waals surface area contributed by atoms with E-state index >= 15 is 0 Å². The number of amides is 1. The summed E-state index contributed by atoms with van der Waals surface area (Å²) in [5, 5.41) is 0. The van der Waals surface area contributed by atoms with Gasteiger partial charge in [-0.15, -0.1) is 0 Å². The lowest BCUT2D eigenvalue weighted by Gasteiger charge is -2.26. The standard InChI is InChI=1S/C27H28FNO7S/c1-33-22-9-11-24(12-10-22)37(31,32)36-26-15-19(8-13-25(26)34-2)17-29(18-23-7-4-14-35-23)27(30)20-5-3-6-21(28)16-20/h3,5-6,8-13,15-16,23H,4,7,14,17-18H2,1-2H3. The third kappa shape index (κ3) is 6.58. The number of hydrogen-bond acceptors (Lipinski definition) is 7. The van der Waals surface area contributed by atoms with Gasteiger partial charge in [0, 0.05) is 25.3 Å². The van der Waals surface area contributed by atoms with Crippen molar-refractivity contribution in [3.63, 3.8) is 0 Å². The van der Waals surface area contributed by atoms with Crippen LogP contribution in [0.1, 0.15) is 28.8 Å². The van der Waals surface area contributed by atoms with Gasteiger partial charge in [0.15, 0.2) is 11.5 Å². The van der Waals surface area contributed by atoms with Gasteiger partial charge >= 0.3 is 10.1 Å². The molecule has 0 N–H and O–H groups in total. The molecule has 10 heteroatoms. The number of nitrogens with zero attached hydrogens (tertiary/aromatic N) is 1. The van der Waals surface area contributed by atoms with Gasteiger partial charge in [-0.3, -0.25) is 4.79 Å². The SMILES string of the molecule is COc1ccc(S(=O)(=O)Oc2cc(CN(CC3CCCO3)C(=O)c3cccc(F)c3)ccc2OC)cc1. The van der Waals surface area contributed by atoms with E-state index in [9.17, 15) is 17.6 Å². The van der Waals surface area contributed by atoms with Crippen molar-refractivity contribution in [3.05, 3.63) is 83.7 Å². The van der Waals surface area contributed by atoms with E-state index in [-0.39, 0.29) is 40.5 Å². The Morgan fingerprint density at radius 1 is 1.03 bits per heavy atom. The molecule has 1 heterocycles. The molecule has 37 heavy (non-hydrogen) atoms. The molecular weight excluding hydrogens is 501 g/mol. The van der Waals surface area contributed by atoms with Gasteiger partial charge in [-0.1, -0.05) is 12.1 Å². The van der Waals surface area contributed by atoms with Crippen molar-refractivity contribution in [2.24, 2.45) is 0 Å². The third-order valence-corrected chi connectivity index (χ3v) is 7.20. The maximum atomic E-state index is 13.8. The van der Waals surface area contributed by atoms with E-state index < -0.39 is 15.9 Å². The normalized spacial score (nSPS) is 15.3. The van der Waals surface area contributed by atoms with Crippen LogP contribution in [0.3, 0.4) is 0 Å². The largest absolute Gasteiger partial charge is 0.497 e. The number of rotatable bonds is 10. The molecule has 4 rings (SSSR count). The number of benzene rings is 3. The van der Waals surface area contributed by atoms with E-state index in [2.05, 4.69) is 0 Å². The number of halogens is 1. The Labute approximate surface area is 215 Å². The molecule has 0 spiro atoms. The summed E-state index contributed by atoms with van der Waals surface area (Å²) < 4.78 is 61.2. The van der Waals surface area contributed by atoms with Gasteiger partial charge < -0.3 is 23.3 Å². The van der Waals surface area contributed by atoms with Crippen molar-refractivity contribution in [1.82, 2.24) is 4.90 Å². The lowest BCUT2D eigenvalue weighted by Crippen LogP contribution is -2.37.